The van der Waals surface area contributed by atoms with Crippen molar-refractivity contribution in [3.63, 3.8) is 0 Å². The van der Waals surface area contributed by atoms with Crippen LogP contribution < -0.4 is 14.8 Å². The molecule has 2 aliphatic rings. The predicted octanol–water partition coefficient (Wildman–Crippen LogP) is 5.49. The second-order valence-electron chi connectivity index (χ2n) is 11.1. The molecule has 0 aromatic carbocycles. The van der Waals surface area contributed by atoms with Gasteiger partial charge in [0, 0.05) is 37.8 Å². The summed E-state index contributed by atoms with van der Waals surface area (Å²) in [5, 5.41) is 3.30. The first kappa shape index (κ1) is 28.6. The lowest BCUT2D eigenvalue weighted by atomic mass is 9.96. The number of amides is 2. The van der Waals surface area contributed by atoms with E-state index in [0.29, 0.717) is 36.7 Å². The fourth-order valence-corrected chi connectivity index (χ4v) is 5.49. The highest BCUT2D eigenvalue weighted by molar-refractivity contribution is 5.89. The summed E-state index contributed by atoms with van der Waals surface area (Å²) in [5.41, 5.74) is 2.04. The highest BCUT2D eigenvalue weighted by atomic mass is 19.4. The number of urea groups is 1. The number of ether oxygens (including phenoxy) is 2. The molecule has 0 saturated carbocycles. The van der Waals surface area contributed by atoms with E-state index in [1.165, 1.54) is 17.4 Å². The molecule has 4 aromatic rings. The largest absolute Gasteiger partial charge is 0.474 e. The van der Waals surface area contributed by atoms with Gasteiger partial charge in [-0.15, -0.1) is 0 Å². The number of halogens is 3. The fourth-order valence-electron chi connectivity index (χ4n) is 5.49. The lowest BCUT2D eigenvalue weighted by Crippen LogP contribution is -2.40. The van der Waals surface area contributed by atoms with Gasteiger partial charge in [-0.05, 0) is 50.6 Å². The van der Waals surface area contributed by atoms with Gasteiger partial charge in [-0.25, -0.2) is 19.7 Å². The summed E-state index contributed by atoms with van der Waals surface area (Å²) >= 11 is 0. The molecule has 0 aliphatic carbocycles. The first-order valence-corrected chi connectivity index (χ1v) is 14.0. The number of aromatic nitrogens is 5. The highest BCUT2D eigenvalue weighted by Gasteiger charge is 2.37. The minimum Gasteiger partial charge on any atom is -0.474 e. The number of likely N-dealkylation sites (tertiary alicyclic amines) is 1. The SMILES string of the molecule is Cc1cc2c(Oc3cnc4c(c3)CN(C(=O)Nc3cnc(OC5CCN(C)CC5)c(C(F)(F)F)c3)CC4C)ncnc2[nH]1. The number of carbonyl (C=O) groups is 1. The molecule has 0 radical (unpaired) electrons. The van der Waals surface area contributed by atoms with Crippen molar-refractivity contribution in [2.45, 2.75) is 51.4 Å². The van der Waals surface area contributed by atoms with Crippen LogP contribution in [0.25, 0.3) is 11.0 Å². The number of fused-ring (bicyclic) bond motifs is 2. The summed E-state index contributed by atoms with van der Waals surface area (Å²) in [5.74, 6) is 0.211. The minimum atomic E-state index is -4.70. The molecule has 1 saturated heterocycles. The van der Waals surface area contributed by atoms with Crippen molar-refractivity contribution in [3.8, 4) is 17.5 Å². The summed E-state index contributed by atoms with van der Waals surface area (Å²) < 4.78 is 53.6. The van der Waals surface area contributed by atoms with E-state index < -0.39 is 23.7 Å². The number of hydrogen-bond acceptors (Lipinski definition) is 8. The number of rotatable bonds is 5. The highest BCUT2D eigenvalue weighted by Crippen LogP contribution is 2.38. The van der Waals surface area contributed by atoms with Crippen LogP contribution in [0.5, 0.6) is 17.5 Å². The number of H-pyrrole nitrogens is 1. The number of aryl methyl sites for hydroxylation is 1. The quantitative estimate of drug-likeness (QED) is 0.310. The monoisotopic (exact) mass is 596 g/mol. The lowest BCUT2D eigenvalue weighted by Gasteiger charge is -2.32. The molecular formula is C29H31F3N8O3. The Labute approximate surface area is 245 Å². The van der Waals surface area contributed by atoms with E-state index in [2.05, 4.69) is 35.1 Å². The molecule has 0 spiro atoms. The van der Waals surface area contributed by atoms with Gasteiger partial charge in [-0.3, -0.25) is 4.98 Å². The molecule has 43 heavy (non-hydrogen) atoms. The summed E-state index contributed by atoms with van der Waals surface area (Å²) in [4.78, 5) is 37.0. The van der Waals surface area contributed by atoms with Crippen molar-refractivity contribution in [2.24, 2.45) is 0 Å². The summed E-state index contributed by atoms with van der Waals surface area (Å²) in [6, 6.07) is 4.00. The Hall–Kier alpha value is -4.46. The van der Waals surface area contributed by atoms with Gasteiger partial charge in [0.05, 0.1) is 29.2 Å². The average molecular weight is 597 g/mol. The van der Waals surface area contributed by atoms with Crippen LogP contribution in [0.1, 0.15) is 48.2 Å². The Morgan fingerprint density at radius 3 is 2.63 bits per heavy atom. The zero-order chi connectivity index (χ0) is 30.3. The maximum atomic E-state index is 14.0. The Morgan fingerprint density at radius 2 is 1.86 bits per heavy atom. The minimum absolute atomic E-state index is 0.0729. The van der Waals surface area contributed by atoms with E-state index in [1.807, 2.05) is 27.0 Å². The van der Waals surface area contributed by atoms with Crippen molar-refractivity contribution in [3.05, 3.63) is 59.4 Å². The Balaban J connectivity index is 1.17. The number of anilines is 1. The first-order chi connectivity index (χ1) is 20.5. The topological polar surface area (TPSA) is 121 Å². The molecule has 1 unspecified atom stereocenters. The summed E-state index contributed by atoms with van der Waals surface area (Å²) in [6.07, 6.45) is 0.368. The van der Waals surface area contributed by atoms with Gasteiger partial charge in [0.2, 0.25) is 11.8 Å². The number of pyridine rings is 2. The second-order valence-corrected chi connectivity index (χ2v) is 11.1. The van der Waals surface area contributed by atoms with E-state index in [4.69, 9.17) is 9.47 Å². The Bertz CT molecular complexity index is 1650. The van der Waals surface area contributed by atoms with E-state index in [1.54, 1.807) is 12.3 Å². The second kappa shape index (κ2) is 11.3. The van der Waals surface area contributed by atoms with Crippen LogP contribution in [0.2, 0.25) is 0 Å². The molecule has 226 valence electrons. The van der Waals surface area contributed by atoms with Gasteiger partial charge >= 0.3 is 12.2 Å². The number of carbonyl (C=O) groups excluding carboxylic acids is 1. The molecule has 2 aliphatic heterocycles. The predicted molar refractivity (Wildman–Crippen MR) is 151 cm³/mol. The summed E-state index contributed by atoms with van der Waals surface area (Å²) in [7, 11) is 1.96. The smallest absolute Gasteiger partial charge is 0.421 e. The third-order valence-electron chi connectivity index (χ3n) is 7.68. The lowest BCUT2D eigenvalue weighted by molar-refractivity contribution is -0.139. The Morgan fingerprint density at radius 1 is 1.07 bits per heavy atom. The van der Waals surface area contributed by atoms with Crippen LogP contribution in [0.3, 0.4) is 0 Å². The molecule has 6 heterocycles. The molecule has 14 heteroatoms. The number of piperidine rings is 1. The third-order valence-corrected chi connectivity index (χ3v) is 7.68. The van der Waals surface area contributed by atoms with Crippen LogP contribution in [0.15, 0.2) is 36.9 Å². The van der Waals surface area contributed by atoms with Crippen molar-refractivity contribution >= 4 is 22.8 Å². The van der Waals surface area contributed by atoms with Crippen molar-refractivity contribution in [1.29, 1.82) is 0 Å². The van der Waals surface area contributed by atoms with E-state index in [-0.39, 0.29) is 24.3 Å². The van der Waals surface area contributed by atoms with Crippen molar-refractivity contribution in [1.82, 2.24) is 34.7 Å². The molecule has 1 atom stereocenters. The van der Waals surface area contributed by atoms with Gasteiger partial charge in [-0.1, -0.05) is 6.92 Å². The van der Waals surface area contributed by atoms with Gasteiger partial charge in [0.25, 0.3) is 0 Å². The first-order valence-electron chi connectivity index (χ1n) is 14.0. The number of alkyl halides is 3. The molecular weight excluding hydrogens is 565 g/mol. The number of nitrogens with zero attached hydrogens (tertiary/aromatic N) is 6. The van der Waals surface area contributed by atoms with Crippen LogP contribution in [0.4, 0.5) is 23.7 Å². The number of aromatic amines is 1. The van der Waals surface area contributed by atoms with Gasteiger partial charge in [0.1, 0.15) is 29.4 Å². The van der Waals surface area contributed by atoms with Crippen LogP contribution in [-0.2, 0) is 12.7 Å². The van der Waals surface area contributed by atoms with Crippen LogP contribution >= 0.6 is 0 Å². The maximum absolute atomic E-state index is 14.0. The number of nitrogens with one attached hydrogen (secondary N) is 2. The molecule has 4 aromatic heterocycles. The van der Waals surface area contributed by atoms with Gasteiger partial charge in [0.15, 0.2) is 0 Å². The number of hydrogen-bond donors (Lipinski definition) is 2. The van der Waals surface area contributed by atoms with Gasteiger partial charge < -0.3 is 29.6 Å². The Kier molecular flexibility index (Phi) is 7.54. The van der Waals surface area contributed by atoms with Gasteiger partial charge in [-0.2, -0.15) is 13.2 Å². The summed E-state index contributed by atoms with van der Waals surface area (Å²) in [6.45, 7) is 5.83. The van der Waals surface area contributed by atoms with E-state index in [9.17, 15) is 18.0 Å². The fraction of sp³-hybridized carbons (Fsp3) is 0.414. The molecule has 2 N–H and O–H groups in total. The molecule has 11 nitrogen and oxygen atoms in total. The average Bonchev–Trinajstić information content (AvgIpc) is 3.35. The third kappa shape index (κ3) is 6.19. The zero-order valence-corrected chi connectivity index (χ0v) is 23.9. The molecule has 0 bridgehead atoms. The molecule has 1 fully saturated rings. The standard InChI is InChI=1S/C29H31F3N8O3/c1-16-13-40(14-18-9-21(12-33-24(16)18)43-26-22-8-17(2)37-25(22)35-15-36-26)28(41)38-19-10-23(29(30,31)32)27(34-11-19)42-20-4-6-39(3)7-5-20/h8-12,15-16,20H,4-7,13-14H2,1-3H3,(H,38,41)(H,35,36,37). The molecule has 2 amide bonds. The van der Waals surface area contributed by atoms with Crippen molar-refractivity contribution in [2.75, 3.05) is 32.0 Å². The maximum Gasteiger partial charge on any atom is 0.421 e. The van der Waals surface area contributed by atoms with Crippen LogP contribution in [0, 0.1) is 6.92 Å². The van der Waals surface area contributed by atoms with E-state index in [0.717, 1.165) is 41.5 Å². The molecule has 6 rings (SSSR count). The van der Waals surface area contributed by atoms with E-state index >= 15 is 0 Å². The van der Waals surface area contributed by atoms with Crippen LogP contribution in [-0.4, -0.2) is 73.5 Å². The zero-order valence-electron chi connectivity index (χ0n) is 23.9. The normalized spacial score (nSPS) is 18.0. The van der Waals surface area contributed by atoms with Crippen molar-refractivity contribution < 1.29 is 27.4 Å².